The Balaban J connectivity index is 2.86. The molecule has 1 nitrogen and oxygen atoms in total. The minimum Gasteiger partial charge on any atom is -0.464 e. The lowest BCUT2D eigenvalue weighted by molar-refractivity contribution is 0.588. The van der Waals surface area contributed by atoms with E-state index in [1.807, 2.05) is 6.92 Å². The Morgan fingerprint density at radius 2 is 2.21 bits per heavy atom. The second-order valence-corrected chi connectivity index (χ2v) is 3.70. The van der Waals surface area contributed by atoms with Gasteiger partial charge in [-0.3, -0.25) is 0 Å². The smallest absolute Gasteiger partial charge is 0.148 e. The van der Waals surface area contributed by atoms with Crippen molar-refractivity contribution >= 4 is 22.6 Å². The third-order valence-corrected chi connectivity index (χ3v) is 2.72. The second-order valence-electron chi connectivity index (χ2n) is 3.29. The van der Waals surface area contributed by atoms with E-state index < -0.39 is 5.82 Å². The molecule has 14 heavy (non-hydrogen) atoms. The van der Waals surface area contributed by atoms with Gasteiger partial charge >= 0.3 is 0 Å². The second kappa shape index (κ2) is 3.28. The Morgan fingerprint density at radius 1 is 1.50 bits per heavy atom. The molecule has 0 amide bonds. The zero-order chi connectivity index (χ0) is 10.3. The molecule has 0 saturated carbocycles. The van der Waals surface area contributed by atoms with Crippen LogP contribution in [0.2, 0.25) is 5.02 Å². The van der Waals surface area contributed by atoms with Crippen LogP contribution in [0.5, 0.6) is 0 Å². The molecule has 3 heteroatoms. The molecule has 2 aromatic rings. The van der Waals surface area contributed by atoms with Gasteiger partial charge in [-0.2, -0.15) is 0 Å². The van der Waals surface area contributed by atoms with Crippen LogP contribution in [0.25, 0.3) is 11.0 Å². The molecule has 0 aliphatic rings. The Bertz CT molecular complexity index is 487. The van der Waals surface area contributed by atoms with Gasteiger partial charge in [0.15, 0.2) is 0 Å². The average molecular weight is 213 g/mol. The van der Waals surface area contributed by atoms with E-state index in [1.165, 1.54) is 0 Å². The zero-order valence-corrected chi connectivity index (χ0v) is 8.78. The summed E-state index contributed by atoms with van der Waals surface area (Å²) in [5, 5.41) is 1.07. The highest BCUT2D eigenvalue weighted by Crippen LogP contribution is 2.31. The van der Waals surface area contributed by atoms with Crippen LogP contribution in [-0.4, -0.2) is 0 Å². The van der Waals surface area contributed by atoms with Crippen LogP contribution < -0.4 is 0 Å². The first-order valence-corrected chi connectivity index (χ1v) is 4.87. The molecule has 0 saturated heterocycles. The first-order valence-electron chi connectivity index (χ1n) is 4.49. The summed E-state index contributed by atoms with van der Waals surface area (Å²) in [6.07, 6.45) is 2.52. The monoisotopic (exact) mass is 212 g/mol. The molecule has 0 atom stereocenters. The van der Waals surface area contributed by atoms with Gasteiger partial charge in [0, 0.05) is 10.9 Å². The SMILES string of the molecule is CCc1coc2c(C)c(F)c(Cl)cc12. The van der Waals surface area contributed by atoms with E-state index >= 15 is 0 Å². The van der Waals surface area contributed by atoms with Crippen LogP contribution in [0.3, 0.4) is 0 Å². The van der Waals surface area contributed by atoms with Crippen LogP contribution in [0.15, 0.2) is 16.7 Å². The molecule has 0 aliphatic heterocycles. The van der Waals surface area contributed by atoms with Gasteiger partial charge in [0.2, 0.25) is 0 Å². The van der Waals surface area contributed by atoms with Crippen molar-refractivity contribution in [2.75, 3.05) is 0 Å². The number of aryl methyl sites for hydroxylation is 2. The predicted octanol–water partition coefficient (Wildman–Crippen LogP) is 4.10. The highest BCUT2D eigenvalue weighted by molar-refractivity contribution is 6.31. The molecular weight excluding hydrogens is 203 g/mol. The van der Waals surface area contributed by atoms with Crippen molar-refractivity contribution in [3.63, 3.8) is 0 Å². The molecule has 0 N–H and O–H groups in total. The summed E-state index contributed by atoms with van der Waals surface area (Å²) in [7, 11) is 0. The first-order chi connectivity index (χ1) is 6.65. The van der Waals surface area contributed by atoms with E-state index in [9.17, 15) is 4.39 Å². The van der Waals surface area contributed by atoms with E-state index in [-0.39, 0.29) is 5.02 Å². The maximum Gasteiger partial charge on any atom is 0.148 e. The fourth-order valence-electron chi connectivity index (χ4n) is 1.59. The number of furan rings is 1. The van der Waals surface area contributed by atoms with Crippen LogP contribution in [0.4, 0.5) is 4.39 Å². The van der Waals surface area contributed by atoms with Crippen LogP contribution >= 0.6 is 11.6 Å². The lowest BCUT2D eigenvalue weighted by Gasteiger charge is -2.00. The Labute approximate surface area is 86.5 Å². The van der Waals surface area contributed by atoms with Gasteiger partial charge in [0.25, 0.3) is 0 Å². The molecule has 0 radical (unpaired) electrons. The number of hydrogen-bond acceptors (Lipinski definition) is 1. The van der Waals surface area contributed by atoms with E-state index in [0.717, 1.165) is 17.4 Å². The maximum atomic E-state index is 13.4. The third kappa shape index (κ3) is 1.22. The molecule has 2 rings (SSSR count). The zero-order valence-electron chi connectivity index (χ0n) is 8.03. The van der Waals surface area contributed by atoms with Gasteiger partial charge in [-0.25, -0.2) is 4.39 Å². The van der Waals surface area contributed by atoms with Crippen LogP contribution in [0.1, 0.15) is 18.1 Å². The summed E-state index contributed by atoms with van der Waals surface area (Å²) in [6, 6.07) is 1.63. The summed E-state index contributed by atoms with van der Waals surface area (Å²) in [5.74, 6) is -0.392. The first kappa shape index (κ1) is 9.53. The lowest BCUT2D eigenvalue weighted by atomic mass is 10.1. The number of halogens is 2. The maximum absolute atomic E-state index is 13.4. The standard InChI is InChI=1S/C11H10ClFO/c1-3-7-5-14-11-6(2)10(13)9(12)4-8(7)11/h4-5H,3H2,1-2H3. The largest absolute Gasteiger partial charge is 0.464 e. The normalized spacial score (nSPS) is 11.1. The number of rotatable bonds is 1. The molecule has 74 valence electrons. The topological polar surface area (TPSA) is 13.1 Å². The molecule has 1 aromatic heterocycles. The summed E-state index contributed by atoms with van der Waals surface area (Å²) in [5.41, 5.74) is 2.14. The summed E-state index contributed by atoms with van der Waals surface area (Å²) >= 11 is 5.76. The van der Waals surface area contributed by atoms with E-state index in [4.69, 9.17) is 16.0 Å². The van der Waals surface area contributed by atoms with Crippen molar-refractivity contribution < 1.29 is 8.81 Å². The van der Waals surface area contributed by atoms with Crippen LogP contribution in [0, 0.1) is 12.7 Å². The minimum atomic E-state index is -0.392. The van der Waals surface area contributed by atoms with Gasteiger partial charge in [0.1, 0.15) is 11.4 Å². The molecule has 0 aliphatic carbocycles. The highest BCUT2D eigenvalue weighted by atomic mass is 35.5. The third-order valence-electron chi connectivity index (χ3n) is 2.44. The molecule has 1 heterocycles. The van der Waals surface area contributed by atoms with Gasteiger partial charge in [-0.05, 0) is 25.0 Å². The molecule has 0 bridgehead atoms. The summed E-state index contributed by atoms with van der Waals surface area (Å²) < 4.78 is 18.7. The van der Waals surface area contributed by atoms with Crippen molar-refractivity contribution in [3.8, 4) is 0 Å². The van der Waals surface area contributed by atoms with Crippen molar-refractivity contribution in [1.82, 2.24) is 0 Å². The Hall–Kier alpha value is -1.02. The van der Waals surface area contributed by atoms with Crippen molar-refractivity contribution in [2.45, 2.75) is 20.3 Å². The fraction of sp³-hybridized carbons (Fsp3) is 0.273. The summed E-state index contributed by atoms with van der Waals surface area (Å²) in [4.78, 5) is 0. The van der Waals surface area contributed by atoms with E-state index in [0.29, 0.717) is 11.1 Å². The van der Waals surface area contributed by atoms with Crippen molar-refractivity contribution in [2.24, 2.45) is 0 Å². The molecular formula is C11H10ClFO. The van der Waals surface area contributed by atoms with Gasteiger partial charge < -0.3 is 4.42 Å². The van der Waals surface area contributed by atoms with Gasteiger partial charge in [-0.15, -0.1) is 0 Å². The Morgan fingerprint density at radius 3 is 2.86 bits per heavy atom. The molecule has 1 aromatic carbocycles. The van der Waals surface area contributed by atoms with Crippen molar-refractivity contribution in [1.29, 1.82) is 0 Å². The number of benzene rings is 1. The Kier molecular flexibility index (Phi) is 2.23. The molecule has 0 spiro atoms. The van der Waals surface area contributed by atoms with Gasteiger partial charge in [0.05, 0.1) is 11.3 Å². The summed E-state index contributed by atoms with van der Waals surface area (Å²) in [6.45, 7) is 3.70. The van der Waals surface area contributed by atoms with Crippen LogP contribution in [-0.2, 0) is 6.42 Å². The minimum absolute atomic E-state index is 0.158. The van der Waals surface area contributed by atoms with E-state index in [1.54, 1.807) is 19.3 Å². The van der Waals surface area contributed by atoms with Crippen molar-refractivity contribution in [3.05, 3.63) is 34.3 Å². The average Bonchev–Trinajstić information content (AvgIpc) is 2.57. The fourth-order valence-corrected chi connectivity index (χ4v) is 1.84. The highest BCUT2D eigenvalue weighted by Gasteiger charge is 2.13. The molecule has 0 unspecified atom stereocenters. The lowest BCUT2D eigenvalue weighted by Crippen LogP contribution is -1.85. The predicted molar refractivity (Wildman–Crippen MR) is 55.3 cm³/mol. The number of hydrogen-bond donors (Lipinski definition) is 0. The van der Waals surface area contributed by atoms with Gasteiger partial charge in [-0.1, -0.05) is 18.5 Å². The van der Waals surface area contributed by atoms with E-state index in [2.05, 4.69) is 0 Å². The number of fused-ring (bicyclic) bond motifs is 1. The quantitative estimate of drug-likeness (QED) is 0.694. The molecule has 0 fully saturated rings.